The quantitative estimate of drug-likeness (QED) is 0.634. The van der Waals surface area contributed by atoms with Gasteiger partial charge in [0.15, 0.2) is 0 Å². The van der Waals surface area contributed by atoms with E-state index < -0.39 is 0 Å². The van der Waals surface area contributed by atoms with Gasteiger partial charge in [0, 0.05) is 13.6 Å². The van der Waals surface area contributed by atoms with Gasteiger partial charge in [-0.15, -0.1) is 0 Å². The van der Waals surface area contributed by atoms with Crippen LogP contribution in [0.25, 0.3) is 0 Å². The highest BCUT2D eigenvalue weighted by Gasteiger charge is 2.12. The molecule has 4 heteroatoms. The predicted octanol–water partition coefficient (Wildman–Crippen LogP) is 3.23. The summed E-state index contributed by atoms with van der Waals surface area (Å²) in [6.07, 6.45) is 8.32. The third-order valence-electron chi connectivity index (χ3n) is 3.55. The third kappa shape index (κ3) is 3.15. The lowest BCUT2D eigenvalue weighted by atomic mass is 10.2. The van der Waals surface area contributed by atoms with Gasteiger partial charge in [0.1, 0.15) is 0 Å². The molecule has 100 valence electrons. The van der Waals surface area contributed by atoms with Gasteiger partial charge < -0.3 is 5.32 Å². The van der Waals surface area contributed by atoms with Crippen LogP contribution in [-0.2, 0) is 20.0 Å². The van der Waals surface area contributed by atoms with Gasteiger partial charge in [-0.3, -0.25) is 4.68 Å². The van der Waals surface area contributed by atoms with Crippen molar-refractivity contribution in [2.24, 2.45) is 7.05 Å². The van der Waals surface area contributed by atoms with Crippen molar-refractivity contribution in [1.29, 1.82) is 0 Å². The minimum atomic E-state index is 0.801. The molecule has 2 rings (SSSR count). The second kappa shape index (κ2) is 6.39. The third-order valence-corrected chi connectivity index (χ3v) is 3.99. The Hall–Kier alpha value is -0.800. The highest BCUT2D eigenvalue weighted by molar-refractivity contribution is 6.31. The molecule has 3 nitrogen and oxygen atoms in total. The van der Waals surface area contributed by atoms with Crippen LogP contribution in [0.3, 0.4) is 0 Å². The fourth-order valence-corrected chi connectivity index (χ4v) is 2.79. The van der Waals surface area contributed by atoms with Crippen LogP contribution >= 0.6 is 11.6 Å². The lowest BCUT2D eigenvalue weighted by molar-refractivity contribution is 0.619. The van der Waals surface area contributed by atoms with E-state index in [1.807, 2.05) is 11.7 Å². The molecule has 1 aliphatic carbocycles. The molecule has 1 aliphatic rings. The van der Waals surface area contributed by atoms with Crippen molar-refractivity contribution < 1.29 is 0 Å². The molecule has 0 atom stereocenters. The van der Waals surface area contributed by atoms with E-state index in [1.165, 1.54) is 19.3 Å². The smallest absolute Gasteiger partial charge is 0.0863 e. The molecule has 1 aromatic heterocycles. The van der Waals surface area contributed by atoms with E-state index in [0.29, 0.717) is 0 Å². The Balaban J connectivity index is 1.81. The largest absolute Gasteiger partial charge is 0.311 e. The van der Waals surface area contributed by atoms with Crippen molar-refractivity contribution in [3.05, 3.63) is 28.1 Å². The molecule has 0 aliphatic heterocycles. The Bertz CT molecular complexity index is 434. The SMILES string of the molecule is CCc1nn(C)c(CNCCC2=CCCC2)c1Cl. The lowest BCUT2D eigenvalue weighted by Gasteiger charge is -2.06. The van der Waals surface area contributed by atoms with Crippen LogP contribution in [-0.4, -0.2) is 16.3 Å². The number of aromatic nitrogens is 2. The molecule has 1 aromatic rings. The van der Waals surface area contributed by atoms with Gasteiger partial charge in [-0.25, -0.2) is 0 Å². The summed E-state index contributed by atoms with van der Waals surface area (Å²) in [4.78, 5) is 0. The average Bonchev–Trinajstić information content (AvgIpc) is 2.96. The van der Waals surface area contributed by atoms with Crippen molar-refractivity contribution in [2.75, 3.05) is 6.54 Å². The fourth-order valence-electron chi connectivity index (χ4n) is 2.43. The summed E-state index contributed by atoms with van der Waals surface area (Å²) in [6, 6.07) is 0. The van der Waals surface area contributed by atoms with Crippen LogP contribution in [0, 0.1) is 0 Å². The first-order chi connectivity index (χ1) is 8.72. The molecule has 0 unspecified atom stereocenters. The summed E-state index contributed by atoms with van der Waals surface area (Å²) >= 11 is 6.30. The van der Waals surface area contributed by atoms with E-state index in [4.69, 9.17) is 11.6 Å². The normalized spacial score (nSPS) is 15.2. The highest BCUT2D eigenvalue weighted by atomic mass is 35.5. The van der Waals surface area contributed by atoms with E-state index in [1.54, 1.807) is 5.57 Å². The van der Waals surface area contributed by atoms with E-state index in [0.717, 1.165) is 42.3 Å². The summed E-state index contributed by atoms with van der Waals surface area (Å²) in [5.74, 6) is 0. The number of aryl methyl sites for hydroxylation is 2. The second-order valence-electron chi connectivity index (χ2n) is 4.87. The number of rotatable bonds is 6. The number of halogens is 1. The Morgan fingerprint density at radius 1 is 1.50 bits per heavy atom. The number of nitrogens with zero attached hydrogens (tertiary/aromatic N) is 2. The van der Waals surface area contributed by atoms with Crippen LogP contribution in [0.5, 0.6) is 0 Å². The van der Waals surface area contributed by atoms with Crippen LogP contribution in [0.15, 0.2) is 11.6 Å². The van der Waals surface area contributed by atoms with E-state index in [9.17, 15) is 0 Å². The first-order valence-electron chi connectivity index (χ1n) is 6.81. The standard InChI is InChI=1S/C14H22ClN3/c1-3-12-14(15)13(18(2)17-12)10-16-9-8-11-6-4-5-7-11/h6,16H,3-5,7-10H2,1-2H3. The molecule has 1 heterocycles. The summed E-state index contributed by atoms with van der Waals surface area (Å²) in [5, 5.41) is 8.71. The zero-order chi connectivity index (χ0) is 13.0. The fraction of sp³-hybridized carbons (Fsp3) is 0.643. The molecular formula is C14H22ClN3. The van der Waals surface area contributed by atoms with E-state index in [2.05, 4.69) is 23.4 Å². The van der Waals surface area contributed by atoms with Gasteiger partial charge in [-0.2, -0.15) is 5.10 Å². The molecule has 0 radical (unpaired) electrons. The molecule has 0 spiro atoms. The maximum Gasteiger partial charge on any atom is 0.0863 e. The predicted molar refractivity (Wildman–Crippen MR) is 75.9 cm³/mol. The monoisotopic (exact) mass is 267 g/mol. The van der Waals surface area contributed by atoms with Crippen molar-refractivity contribution in [3.8, 4) is 0 Å². The number of allylic oxidation sites excluding steroid dienone is 1. The Morgan fingerprint density at radius 2 is 2.33 bits per heavy atom. The van der Waals surface area contributed by atoms with E-state index >= 15 is 0 Å². The zero-order valence-electron chi connectivity index (χ0n) is 11.3. The molecule has 0 saturated heterocycles. The van der Waals surface area contributed by atoms with Crippen molar-refractivity contribution >= 4 is 11.6 Å². The molecule has 0 fully saturated rings. The van der Waals surface area contributed by atoms with Gasteiger partial charge >= 0.3 is 0 Å². The molecular weight excluding hydrogens is 246 g/mol. The Morgan fingerprint density at radius 3 is 2.94 bits per heavy atom. The van der Waals surface area contributed by atoms with Crippen LogP contribution in [0.1, 0.15) is 44.0 Å². The maximum atomic E-state index is 6.30. The van der Waals surface area contributed by atoms with Crippen LogP contribution < -0.4 is 5.32 Å². The van der Waals surface area contributed by atoms with Gasteiger partial charge in [0.2, 0.25) is 0 Å². The van der Waals surface area contributed by atoms with Crippen molar-refractivity contribution in [1.82, 2.24) is 15.1 Å². The summed E-state index contributed by atoms with van der Waals surface area (Å²) in [7, 11) is 1.96. The summed E-state index contributed by atoms with van der Waals surface area (Å²) < 4.78 is 1.89. The Labute approximate surface area is 114 Å². The lowest BCUT2D eigenvalue weighted by Crippen LogP contribution is -2.17. The van der Waals surface area contributed by atoms with E-state index in [-0.39, 0.29) is 0 Å². The molecule has 0 saturated carbocycles. The van der Waals surface area contributed by atoms with Gasteiger partial charge in [0.25, 0.3) is 0 Å². The topological polar surface area (TPSA) is 29.9 Å². The maximum absolute atomic E-state index is 6.30. The van der Waals surface area contributed by atoms with Gasteiger partial charge in [-0.05, 0) is 38.6 Å². The minimum Gasteiger partial charge on any atom is -0.311 e. The van der Waals surface area contributed by atoms with Crippen molar-refractivity contribution in [2.45, 2.75) is 45.6 Å². The number of hydrogen-bond acceptors (Lipinski definition) is 2. The summed E-state index contributed by atoms with van der Waals surface area (Å²) in [5.41, 5.74) is 3.69. The second-order valence-corrected chi connectivity index (χ2v) is 5.24. The van der Waals surface area contributed by atoms with Crippen molar-refractivity contribution in [3.63, 3.8) is 0 Å². The summed E-state index contributed by atoms with van der Waals surface area (Å²) in [6.45, 7) is 3.91. The molecule has 0 amide bonds. The molecule has 0 aromatic carbocycles. The van der Waals surface area contributed by atoms with Gasteiger partial charge in [0.05, 0.1) is 16.4 Å². The first kappa shape index (κ1) is 13.6. The molecule has 18 heavy (non-hydrogen) atoms. The molecule has 1 N–H and O–H groups in total. The zero-order valence-corrected chi connectivity index (χ0v) is 12.1. The highest BCUT2D eigenvalue weighted by Crippen LogP contribution is 2.21. The molecule has 0 bridgehead atoms. The number of hydrogen-bond donors (Lipinski definition) is 1. The first-order valence-corrected chi connectivity index (χ1v) is 7.19. The van der Waals surface area contributed by atoms with Crippen LogP contribution in [0.4, 0.5) is 0 Å². The Kier molecular flexibility index (Phi) is 4.84. The minimum absolute atomic E-state index is 0.801. The van der Waals surface area contributed by atoms with Crippen LogP contribution in [0.2, 0.25) is 5.02 Å². The number of nitrogens with one attached hydrogen (secondary N) is 1. The average molecular weight is 268 g/mol. The van der Waals surface area contributed by atoms with Gasteiger partial charge in [-0.1, -0.05) is 30.2 Å².